The molecular weight excluding hydrogens is 297 g/mol. The fraction of sp³-hybridized carbons (Fsp3) is 0.400. The lowest BCUT2D eigenvalue weighted by Crippen LogP contribution is -2.38. The van der Waals surface area contributed by atoms with E-state index in [9.17, 15) is 4.79 Å². The highest BCUT2D eigenvalue weighted by molar-refractivity contribution is 6.35. The lowest BCUT2D eigenvalue weighted by molar-refractivity contribution is -0.117. The molecule has 0 saturated heterocycles. The number of aliphatic hydroxyl groups is 1. The fourth-order valence-corrected chi connectivity index (χ4v) is 2.22. The van der Waals surface area contributed by atoms with Gasteiger partial charge in [-0.3, -0.25) is 4.79 Å². The number of amides is 1. The van der Waals surface area contributed by atoms with Gasteiger partial charge in [-0.1, -0.05) is 43.1 Å². The van der Waals surface area contributed by atoms with Crippen LogP contribution in [0.1, 0.15) is 25.8 Å². The molecular formula is C15H19Cl2NO2. The molecule has 0 aliphatic carbocycles. The average Bonchev–Trinajstić information content (AvgIpc) is 2.37. The van der Waals surface area contributed by atoms with Gasteiger partial charge in [0.2, 0.25) is 5.91 Å². The number of rotatable bonds is 6. The van der Waals surface area contributed by atoms with E-state index in [2.05, 4.69) is 5.32 Å². The van der Waals surface area contributed by atoms with Crippen LogP contribution in [0.5, 0.6) is 0 Å². The van der Waals surface area contributed by atoms with Gasteiger partial charge in [-0.15, -0.1) is 0 Å². The second kappa shape index (κ2) is 8.30. The first-order valence-electron chi connectivity index (χ1n) is 6.48. The van der Waals surface area contributed by atoms with Crippen molar-refractivity contribution < 1.29 is 9.90 Å². The molecule has 1 unspecified atom stereocenters. The van der Waals surface area contributed by atoms with Gasteiger partial charge in [0.1, 0.15) is 0 Å². The summed E-state index contributed by atoms with van der Waals surface area (Å²) in [5.74, 6) is 0.0572. The van der Waals surface area contributed by atoms with Crippen molar-refractivity contribution in [2.45, 2.75) is 26.3 Å². The molecule has 0 heterocycles. The average molecular weight is 316 g/mol. The van der Waals surface area contributed by atoms with Gasteiger partial charge in [-0.2, -0.15) is 0 Å². The molecule has 5 heteroatoms. The van der Waals surface area contributed by atoms with Crippen molar-refractivity contribution in [2.75, 3.05) is 6.61 Å². The van der Waals surface area contributed by atoms with Crippen LogP contribution < -0.4 is 5.32 Å². The van der Waals surface area contributed by atoms with Gasteiger partial charge in [0, 0.05) is 28.8 Å². The monoisotopic (exact) mass is 315 g/mol. The van der Waals surface area contributed by atoms with E-state index in [0.717, 1.165) is 5.56 Å². The van der Waals surface area contributed by atoms with Gasteiger partial charge in [0.15, 0.2) is 0 Å². The summed E-state index contributed by atoms with van der Waals surface area (Å²) in [6.45, 7) is 4.05. The Morgan fingerprint density at radius 1 is 1.40 bits per heavy atom. The Morgan fingerprint density at radius 3 is 2.65 bits per heavy atom. The van der Waals surface area contributed by atoms with E-state index in [1.165, 1.54) is 6.08 Å². The Morgan fingerprint density at radius 2 is 2.10 bits per heavy atom. The maximum atomic E-state index is 11.8. The van der Waals surface area contributed by atoms with Crippen LogP contribution in [0.15, 0.2) is 24.3 Å². The highest BCUT2D eigenvalue weighted by atomic mass is 35.5. The van der Waals surface area contributed by atoms with Gasteiger partial charge in [0.05, 0.1) is 0 Å². The minimum Gasteiger partial charge on any atom is -0.396 e. The molecule has 0 bridgehead atoms. The Hall–Kier alpha value is -1.03. The van der Waals surface area contributed by atoms with Crippen molar-refractivity contribution in [3.05, 3.63) is 39.9 Å². The lowest BCUT2D eigenvalue weighted by Gasteiger charge is -2.20. The number of nitrogens with one attached hydrogen (secondary N) is 1. The van der Waals surface area contributed by atoms with Crippen molar-refractivity contribution >= 4 is 35.2 Å². The topological polar surface area (TPSA) is 49.3 Å². The highest BCUT2D eigenvalue weighted by Gasteiger charge is 2.14. The van der Waals surface area contributed by atoms with Crippen LogP contribution in [0, 0.1) is 5.92 Å². The summed E-state index contributed by atoms with van der Waals surface area (Å²) in [6, 6.07) is 5.05. The van der Waals surface area contributed by atoms with Crippen LogP contribution in [0.25, 0.3) is 6.08 Å². The predicted octanol–water partition coefficient (Wildman–Crippen LogP) is 3.53. The van der Waals surface area contributed by atoms with Crippen molar-refractivity contribution in [2.24, 2.45) is 5.92 Å². The van der Waals surface area contributed by atoms with Crippen molar-refractivity contribution in [3.63, 3.8) is 0 Å². The Bertz CT molecular complexity index is 487. The summed E-state index contributed by atoms with van der Waals surface area (Å²) >= 11 is 11.8. The van der Waals surface area contributed by atoms with Gasteiger partial charge < -0.3 is 10.4 Å². The third-order valence-corrected chi connectivity index (χ3v) is 3.51. The standard InChI is InChI=1S/C15H19Cl2NO2/c1-10(2)14(7-8-19)18-15(20)6-4-11-3-5-12(16)9-13(11)17/h3-6,9-10,14,19H,7-8H2,1-2H3,(H,18,20)/b6-4+. The highest BCUT2D eigenvalue weighted by Crippen LogP contribution is 2.21. The summed E-state index contributed by atoms with van der Waals surface area (Å²) in [7, 11) is 0. The number of carbonyl (C=O) groups excluding carboxylic acids is 1. The van der Waals surface area contributed by atoms with E-state index in [4.69, 9.17) is 28.3 Å². The van der Waals surface area contributed by atoms with Gasteiger partial charge in [-0.25, -0.2) is 0 Å². The predicted molar refractivity (Wildman–Crippen MR) is 84.0 cm³/mol. The normalized spacial score (nSPS) is 12.9. The van der Waals surface area contributed by atoms with E-state index >= 15 is 0 Å². The maximum absolute atomic E-state index is 11.8. The molecule has 1 aromatic rings. The Kier molecular flexibility index (Phi) is 7.06. The molecule has 1 aromatic carbocycles. The summed E-state index contributed by atoms with van der Waals surface area (Å²) < 4.78 is 0. The lowest BCUT2D eigenvalue weighted by atomic mass is 10.0. The molecule has 0 radical (unpaired) electrons. The van der Waals surface area contributed by atoms with E-state index < -0.39 is 0 Å². The molecule has 0 aromatic heterocycles. The van der Waals surface area contributed by atoms with Gasteiger partial charge >= 0.3 is 0 Å². The fourth-order valence-electron chi connectivity index (χ4n) is 1.74. The largest absolute Gasteiger partial charge is 0.396 e. The number of benzene rings is 1. The zero-order chi connectivity index (χ0) is 15.1. The molecule has 2 N–H and O–H groups in total. The first-order chi connectivity index (χ1) is 9.43. The molecule has 0 fully saturated rings. The molecule has 110 valence electrons. The molecule has 0 aliphatic heterocycles. The first-order valence-corrected chi connectivity index (χ1v) is 7.24. The smallest absolute Gasteiger partial charge is 0.244 e. The van der Waals surface area contributed by atoms with Crippen LogP contribution >= 0.6 is 23.2 Å². The Labute approximate surface area is 129 Å². The maximum Gasteiger partial charge on any atom is 0.244 e. The number of hydrogen-bond acceptors (Lipinski definition) is 2. The van der Waals surface area contributed by atoms with Crippen LogP contribution in [0.2, 0.25) is 10.0 Å². The molecule has 1 amide bonds. The van der Waals surface area contributed by atoms with Crippen LogP contribution in [-0.4, -0.2) is 23.7 Å². The number of aliphatic hydroxyl groups excluding tert-OH is 1. The zero-order valence-electron chi connectivity index (χ0n) is 11.6. The first kappa shape index (κ1) is 17.0. The number of halogens is 2. The van der Waals surface area contributed by atoms with E-state index in [-0.39, 0.29) is 24.5 Å². The van der Waals surface area contributed by atoms with Crippen molar-refractivity contribution in [1.29, 1.82) is 0 Å². The molecule has 1 rings (SSSR count). The van der Waals surface area contributed by atoms with Gasteiger partial charge in [-0.05, 0) is 36.1 Å². The summed E-state index contributed by atoms with van der Waals surface area (Å²) in [6.07, 6.45) is 3.62. The van der Waals surface area contributed by atoms with Gasteiger partial charge in [0.25, 0.3) is 0 Å². The van der Waals surface area contributed by atoms with Crippen LogP contribution in [0.4, 0.5) is 0 Å². The molecule has 1 atom stereocenters. The zero-order valence-corrected chi connectivity index (χ0v) is 13.1. The Balaban J connectivity index is 2.67. The summed E-state index contributed by atoms with van der Waals surface area (Å²) in [5, 5.41) is 12.9. The SMILES string of the molecule is CC(C)C(CCO)NC(=O)/C=C/c1ccc(Cl)cc1Cl. The molecule has 0 spiro atoms. The van der Waals surface area contributed by atoms with E-state index in [1.807, 2.05) is 13.8 Å². The number of carbonyl (C=O) groups is 1. The molecule has 20 heavy (non-hydrogen) atoms. The van der Waals surface area contributed by atoms with Crippen molar-refractivity contribution in [1.82, 2.24) is 5.32 Å². The van der Waals surface area contributed by atoms with Crippen LogP contribution in [-0.2, 0) is 4.79 Å². The van der Waals surface area contributed by atoms with E-state index in [1.54, 1.807) is 24.3 Å². The summed E-state index contributed by atoms with van der Waals surface area (Å²) in [5.41, 5.74) is 0.731. The third kappa shape index (κ3) is 5.53. The minimum atomic E-state index is -0.205. The van der Waals surface area contributed by atoms with E-state index in [0.29, 0.717) is 16.5 Å². The molecule has 3 nitrogen and oxygen atoms in total. The number of hydrogen-bond donors (Lipinski definition) is 2. The quantitative estimate of drug-likeness (QED) is 0.789. The summed E-state index contributed by atoms with van der Waals surface area (Å²) in [4.78, 5) is 11.8. The van der Waals surface area contributed by atoms with Crippen LogP contribution in [0.3, 0.4) is 0 Å². The second-order valence-corrected chi connectivity index (χ2v) is 5.71. The third-order valence-electron chi connectivity index (χ3n) is 2.95. The van der Waals surface area contributed by atoms with Crippen molar-refractivity contribution in [3.8, 4) is 0 Å². The molecule has 0 saturated carbocycles. The minimum absolute atomic E-state index is 0.0437. The second-order valence-electron chi connectivity index (χ2n) is 4.87. The molecule has 0 aliphatic rings.